The summed E-state index contributed by atoms with van der Waals surface area (Å²) in [6.07, 6.45) is 0.721. The molecular formula is C15H26N4O2. The van der Waals surface area contributed by atoms with Crippen molar-refractivity contribution in [2.45, 2.75) is 52.7 Å². The van der Waals surface area contributed by atoms with Gasteiger partial charge in [-0.2, -0.15) is 0 Å². The summed E-state index contributed by atoms with van der Waals surface area (Å²) in [7, 11) is 0. The molecule has 1 aliphatic heterocycles. The molecule has 0 saturated carbocycles. The van der Waals surface area contributed by atoms with E-state index in [0.717, 1.165) is 43.1 Å². The van der Waals surface area contributed by atoms with Crippen LogP contribution in [-0.2, 0) is 11.3 Å². The van der Waals surface area contributed by atoms with Gasteiger partial charge in [0.1, 0.15) is 5.76 Å². The molecule has 21 heavy (non-hydrogen) atoms. The topological polar surface area (TPSA) is 75.6 Å². The third-order valence-corrected chi connectivity index (χ3v) is 4.34. The van der Waals surface area contributed by atoms with E-state index < -0.39 is 0 Å². The quantitative estimate of drug-likeness (QED) is 0.879. The number of amides is 1. The van der Waals surface area contributed by atoms with Crippen LogP contribution in [0.15, 0.2) is 4.52 Å². The number of aromatic nitrogens is 1. The number of carbonyl (C=O) groups excluding carboxylic acids is 1. The van der Waals surface area contributed by atoms with Crippen LogP contribution in [0.4, 0.5) is 0 Å². The molecule has 0 bridgehead atoms. The third-order valence-electron chi connectivity index (χ3n) is 4.34. The number of carbonyl (C=O) groups is 1. The van der Waals surface area contributed by atoms with E-state index in [1.807, 2.05) is 32.6 Å². The zero-order valence-corrected chi connectivity index (χ0v) is 13.4. The largest absolute Gasteiger partial charge is 0.361 e. The standard InChI is InChI=1S/C15H26N4O2/c1-5-18(6-2)15(20)14-7-12(16)8-19(14)9-13-10(3)17-21-11(13)4/h12,14H,5-9,16H2,1-4H3/t12-,14-/m0/s1. The molecule has 1 fully saturated rings. The molecule has 0 aromatic carbocycles. The third kappa shape index (κ3) is 3.27. The lowest BCUT2D eigenvalue weighted by molar-refractivity contribution is -0.135. The van der Waals surface area contributed by atoms with Crippen molar-refractivity contribution in [3.63, 3.8) is 0 Å². The summed E-state index contributed by atoms with van der Waals surface area (Å²) in [6, 6.07) is -0.0800. The average molecular weight is 294 g/mol. The zero-order valence-electron chi connectivity index (χ0n) is 13.4. The molecule has 1 saturated heterocycles. The molecule has 2 atom stereocenters. The number of likely N-dealkylation sites (tertiary alicyclic amines) is 1. The Morgan fingerprint density at radius 2 is 2.10 bits per heavy atom. The first-order valence-electron chi connectivity index (χ1n) is 7.68. The van der Waals surface area contributed by atoms with E-state index in [1.165, 1.54) is 0 Å². The molecule has 1 aliphatic rings. The van der Waals surface area contributed by atoms with E-state index in [2.05, 4.69) is 10.1 Å². The fourth-order valence-electron chi connectivity index (χ4n) is 3.05. The van der Waals surface area contributed by atoms with Crippen LogP contribution >= 0.6 is 0 Å². The van der Waals surface area contributed by atoms with E-state index in [0.29, 0.717) is 6.54 Å². The summed E-state index contributed by atoms with van der Waals surface area (Å²) >= 11 is 0. The van der Waals surface area contributed by atoms with Gasteiger partial charge in [0, 0.05) is 37.8 Å². The van der Waals surface area contributed by atoms with Gasteiger partial charge in [-0.15, -0.1) is 0 Å². The lowest BCUT2D eigenvalue weighted by Crippen LogP contribution is -2.45. The highest BCUT2D eigenvalue weighted by Crippen LogP contribution is 2.24. The van der Waals surface area contributed by atoms with E-state index in [1.54, 1.807) is 0 Å². The number of aryl methyl sites for hydroxylation is 2. The maximum absolute atomic E-state index is 12.7. The molecule has 0 unspecified atom stereocenters. The van der Waals surface area contributed by atoms with Crippen LogP contribution in [0.25, 0.3) is 0 Å². The smallest absolute Gasteiger partial charge is 0.239 e. The van der Waals surface area contributed by atoms with E-state index >= 15 is 0 Å². The second kappa shape index (κ2) is 6.58. The molecule has 0 aliphatic carbocycles. The van der Waals surface area contributed by atoms with Gasteiger partial charge in [0.15, 0.2) is 0 Å². The summed E-state index contributed by atoms with van der Waals surface area (Å²) in [4.78, 5) is 16.7. The Bertz CT molecular complexity index is 476. The van der Waals surface area contributed by atoms with Crippen LogP contribution in [0.3, 0.4) is 0 Å². The van der Waals surface area contributed by atoms with E-state index in [4.69, 9.17) is 10.3 Å². The molecular weight excluding hydrogens is 268 g/mol. The van der Waals surface area contributed by atoms with Crippen molar-refractivity contribution in [2.24, 2.45) is 5.73 Å². The summed E-state index contributed by atoms with van der Waals surface area (Å²) in [5, 5.41) is 3.99. The Morgan fingerprint density at radius 1 is 1.43 bits per heavy atom. The number of hydrogen-bond acceptors (Lipinski definition) is 5. The Labute approximate surface area is 126 Å². The first kappa shape index (κ1) is 16.0. The van der Waals surface area contributed by atoms with Crippen LogP contribution in [0, 0.1) is 13.8 Å². The number of nitrogens with zero attached hydrogens (tertiary/aromatic N) is 3. The molecule has 2 N–H and O–H groups in total. The normalized spacial score (nSPS) is 22.7. The zero-order chi connectivity index (χ0) is 15.6. The SMILES string of the molecule is CCN(CC)C(=O)[C@@H]1C[C@H](N)CN1Cc1c(C)noc1C. The Hall–Kier alpha value is -1.40. The summed E-state index contributed by atoms with van der Waals surface area (Å²) < 4.78 is 5.21. The average Bonchev–Trinajstić information content (AvgIpc) is 2.97. The van der Waals surface area contributed by atoms with Crippen molar-refractivity contribution in [1.29, 1.82) is 0 Å². The Kier molecular flexibility index (Phi) is 5.00. The Morgan fingerprint density at radius 3 is 2.62 bits per heavy atom. The first-order valence-corrected chi connectivity index (χ1v) is 7.68. The van der Waals surface area contributed by atoms with Crippen molar-refractivity contribution in [3.05, 3.63) is 17.0 Å². The molecule has 2 rings (SSSR count). The molecule has 2 heterocycles. The van der Waals surface area contributed by atoms with E-state index in [9.17, 15) is 4.79 Å². The monoisotopic (exact) mass is 294 g/mol. The van der Waals surface area contributed by atoms with Gasteiger partial charge in [-0.3, -0.25) is 9.69 Å². The molecule has 0 spiro atoms. The van der Waals surface area contributed by atoms with Crippen molar-refractivity contribution in [2.75, 3.05) is 19.6 Å². The Balaban J connectivity index is 2.15. The number of hydrogen-bond donors (Lipinski definition) is 1. The lowest BCUT2D eigenvalue weighted by atomic mass is 10.1. The fourth-order valence-corrected chi connectivity index (χ4v) is 3.05. The van der Waals surface area contributed by atoms with Gasteiger partial charge in [-0.1, -0.05) is 5.16 Å². The van der Waals surface area contributed by atoms with Gasteiger partial charge in [-0.25, -0.2) is 0 Å². The first-order chi connectivity index (χ1) is 9.97. The summed E-state index contributed by atoms with van der Waals surface area (Å²) in [5.74, 6) is 1.00. The molecule has 1 amide bonds. The fraction of sp³-hybridized carbons (Fsp3) is 0.733. The second-order valence-corrected chi connectivity index (χ2v) is 5.75. The van der Waals surface area contributed by atoms with Gasteiger partial charge in [0.25, 0.3) is 0 Å². The van der Waals surface area contributed by atoms with Crippen molar-refractivity contribution in [3.8, 4) is 0 Å². The number of rotatable bonds is 5. The van der Waals surface area contributed by atoms with Crippen LogP contribution < -0.4 is 5.73 Å². The number of likely N-dealkylation sites (N-methyl/N-ethyl adjacent to an activating group) is 1. The highest BCUT2D eigenvalue weighted by molar-refractivity contribution is 5.82. The minimum Gasteiger partial charge on any atom is -0.361 e. The lowest BCUT2D eigenvalue weighted by Gasteiger charge is -2.28. The van der Waals surface area contributed by atoms with Crippen molar-refractivity contribution in [1.82, 2.24) is 15.0 Å². The minimum atomic E-state index is -0.131. The van der Waals surface area contributed by atoms with Crippen LogP contribution in [0.2, 0.25) is 0 Å². The maximum atomic E-state index is 12.7. The van der Waals surface area contributed by atoms with E-state index in [-0.39, 0.29) is 18.0 Å². The van der Waals surface area contributed by atoms with Crippen LogP contribution in [0.5, 0.6) is 0 Å². The van der Waals surface area contributed by atoms with Gasteiger partial charge >= 0.3 is 0 Å². The maximum Gasteiger partial charge on any atom is 0.239 e. The van der Waals surface area contributed by atoms with Gasteiger partial charge in [-0.05, 0) is 34.1 Å². The van der Waals surface area contributed by atoms with Gasteiger partial charge in [0.2, 0.25) is 5.91 Å². The molecule has 1 aromatic heterocycles. The number of nitrogens with two attached hydrogens (primary N) is 1. The minimum absolute atomic E-state index is 0.0509. The molecule has 1 aromatic rings. The summed E-state index contributed by atoms with van der Waals surface area (Å²) in [6.45, 7) is 10.7. The van der Waals surface area contributed by atoms with Crippen LogP contribution in [-0.4, -0.2) is 52.6 Å². The molecule has 118 valence electrons. The second-order valence-electron chi connectivity index (χ2n) is 5.75. The molecule has 0 radical (unpaired) electrons. The van der Waals surface area contributed by atoms with Gasteiger partial charge < -0.3 is 15.2 Å². The van der Waals surface area contributed by atoms with Gasteiger partial charge in [0.05, 0.1) is 11.7 Å². The highest BCUT2D eigenvalue weighted by Gasteiger charge is 2.37. The predicted molar refractivity (Wildman–Crippen MR) is 80.7 cm³/mol. The molecule has 6 nitrogen and oxygen atoms in total. The van der Waals surface area contributed by atoms with Crippen LogP contribution in [0.1, 0.15) is 37.3 Å². The summed E-state index contributed by atoms with van der Waals surface area (Å²) in [5.41, 5.74) is 8.05. The predicted octanol–water partition coefficient (Wildman–Crippen LogP) is 1.06. The molecule has 6 heteroatoms. The van der Waals surface area contributed by atoms with Crippen molar-refractivity contribution >= 4 is 5.91 Å². The van der Waals surface area contributed by atoms with Crippen molar-refractivity contribution < 1.29 is 9.32 Å². The highest BCUT2D eigenvalue weighted by atomic mass is 16.5.